The molecule has 7 heteroatoms. The summed E-state index contributed by atoms with van der Waals surface area (Å²) in [6.45, 7) is 0. The molecule has 20 heavy (non-hydrogen) atoms. The summed E-state index contributed by atoms with van der Waals surface area (Å²) >= 11 is 6.02. The molecule has 1 aromatic heterocycles. The highest BCUT2D eigenvalue weighted by Crippen LogP contribution is 2.25. The van der Waals surface area contributed by atoms with Crippen LogP contribution >= 0.6 is 11.6 Å². The Kier molecular flexibility index (Phi) is 4.59. The third-order valence-electron chi connectivity index (χ3n) is 3.06. The second-order valence-corrected chi connectivity index (χ2v) is 4.80. The van der Waals surface area contributed by atoms with Gasteiger partial charge in [-0.25, -0.2) is 9.07 Å². The molecule has 0 fully saturated rings. The van der Waals surface area contributed by atoms with Gasteiger partial charge in [-0.1, -0.05) is 17.7 Å². The first-order chi connectivity index (χ1) is 9.55. The van der Waals surface area contributed by atoms with E-state index in [4.69, 9.17) is 22.2 Å². The average molecular weight is 299 g/mol. The van der Waals surface area contributed by atoms with Crippen LogP contribution in [0.5, 0.6) is 5.88 Å². The van der Waals surface area contributed by atoms with Gasteiger partial charge in [-0.15, -0.1) is 0 Å². The van der Waals surface area contributed by atoms with Crippen molar-refractivity contribution in [2.75, 3.05) is 7.11 Å². The minimum atomic E-state index is -0.365. The first-order valence-electron chi connectivity index (χ1n) is 6.03. The van der Waals surface area contributed by atoms with E-state index >= 15 is 0 Å². The van der Waals surface area contributed by atoms with Crippen LogP contribution in [-0.4, -0.2) is 16.9 Å². The number of nitrogens with zero attached hydrogens (tertiary/aromatic N) is 2. The van der Waals surface area contributed by atoms with Gasteiger partial charge >= 0.3 is 0 Å². The lowest BCUT2D eigenvalue weighted by molar-refractivity contribution is 0.373. The monoisotopic (exact) mass is 298 g/mol. The van der Waals surface area contributed by atoms with Crippen molar-refractivity contribution in [3.63, 3.8) is 0 Å². The van der Waals surface area contributed by atoms with Crippen molar-refractivity contribution in [2.45, 2.75) is 12.5 Å². The van der Waals surface area contributed by atoms with Gasteiger partial charge in [0, 0.05) is 18.1 Å². The topological polar surface area (TPSA) is 65.1 Å². The zero-order chi connectivity index (χ0) is 14.7. The summed E-state index contributed by atoms with van der Waals surface area (Å²) in [5.74, 6) is 5.84. The Hall–Kier alpha value is -1.63. The molecule has 0 aliphatic heterocycles. The highest BCUT2D eigenvalue weighted by Gasteiger charge is 2.17. The van der Waals surface area contributed by atoms with Crippen LogP contribution in [0.1, 0.15) is 17.3 Å². The maximum absolute atomic E-state index is 13.0. The average Bonchev–Trinajstić information content (AvgIpc) is 2.79. The predicted molar refractivity (Wildman–Crippen MR) is 74.9 cm³/mol. The largest absolute Gasteiger partial charge is 0.481 e. The van der Waals surface area contributed by atoms with E-state index in [-0.39, 0.29) is 11.9 Å². The van der Waals surface area contributed by atoms with Crippen LogP contribution in [0.25, 0.3) is 0 Å². The van der Waals surface area contributed by atoms with Gasteiger partial charge in [-0.3, -0.25) is 11.3 Å². The zero-order valence-corrected chi connectivity index (χ0v) is 12.0. The molecule has 0 saturated heterocycles. The smallest absolute Gasteiger partial charge is 0.211 e. The van der Waals surface area contributed by atoms with Crippen molar-refractivity contribution in [2.24, 2.45) is 12.9 Å². The zero-order valence-electron chi connectivity index (χ0n) is 11.2. The Morgan fingerprint density at radius 1 is 1.50 bits per heavy atom. The molecule has 0 bridgehead atoms. The third-order valence-corrected chi connectivity index (χ3v) is 3.41. The summed E-state index contributed by atoms with van der Waals surface area (Å²) in [5.41, 5.74) is 4.21. The van der Waals surface area contributed by atoms with Crippen molar-refractivity contribution < 1.29 is 9.13 Å². The molecule has 1 atom stereocenters. The summed E-state index contributed by atoms with van der Waals surface area (Å²) in [4.78, 5) is 0. The van der Waals surface area contributed by atoms with Crippen LogP contribution in [0.3, 0.4) is 0 Å². The van der Waals surface area contributed by atoms with Crippen molar-refractivity contribution in [3.05, 3.63) is 46.4 Å². The predicted octanol–water partition coefficient (Wildman–Crippen LogP) is 1.97. The number of hydrogen-bond acceptors (Lipinski definition) is 4. The van der Waals surface area contributed by atoms with Crippen LogP contribution < -0.4 is 16.0 Å². The molecule has 0 saturated carbocycles. The highest BCUT2D eigenvalue weighted by atomic mass is 35.5. The second-order valence-electron chi connectivity index (χ2n) is 4.39. The molecule has 0 radical (unpaired) electrons. The number of hydrogen-bond donors (Lipinski definition) is 2. The first kappa shape index (κ1) is 14.8. The number of hydrazine groups is 1. The molecule has 1 unspecified atom stereocenters. The summed E-state index contributed by atoms with van der Waals surface area (Å²) in [6, 6.07) is 5.84. The minimum Gasteiger partial charge on any atom is -0.481 e. The van der Waals surface area contributed by atoms with E-state index in [1.807, 2.05) is 0 Å². The molecule has 0 aliphatic carbocycles. The van der Waals surface area contributed by atoms with E-state index in [2.05, 4.69) is 10.5 Å². The highest BCUT2D eigenvalue weighted by molar-refractivity contribution is 6.31. The van der Waals surface area contributed by atoms with Crippen molar-refractivity contribution in [1.82, 2.24) is 15.2 Å². The normalized spacial score (nSPS) is 12.4. The van der Waals surface area contributed by atoms with Gasteiger partial charge in [-0.2, -0.15) is 5.10 Å². The summed E-state index contributed by atoms with van der Waals surface area (Å²) in [5, 5.41) is 4.70. The standard InChI is InChI=1S/C13H16ClFN4O/c1-19-13(20-2)7-12(18-19)11(17-16)5-8-3-4-9(15)6-10(8)14/h3-4,6-7,11,17H,5,16H2,1-2H3. The fourth-order valence-electron chi connectivity index (χ4n) is 1.99. The first-order valence-corrected chi connectivity index (χ1v) is 6.41. The number of halogens is 2. The van der Waals surface area contributed by atoms with Crippen LogP contribution in [0.15, 0.2) is 24.3 Å². The number of benzene rings is 1. The molecular weight excluding hydrogens is 283 g/mol. The van der Waals surface area contributed by atoms with E-state index in [1.165, 1.54) is 12.1 Å². The van der Waals surface area contributed by atoms with Gasteiger partial charge in [0.05, 0.1) is 18.8 Å². The molecule has 5 nitrogen and oxygen atoms in total. The number of ether oxygens (including phenoxy) is 1. The lowest BCUT2D eigenvalue weighted by atomic mass is 10.0. The van der Waals surface area contributed by atoms with Crippen molar-refractivity contribution in [3.8, 4) is 5.88 Å². The molecule has 1 heterocycles. The number of nitrogens with one attached hydrogen (secondary N) is 1. The number of methoxy groups -OCH3 is 1. The molecule has 0 amide bonds. The van der Waals surface area contributed by atoms with Gasteiger partial charge in [0.25, 0.3) is 0 Å². The van der Waals surface area contributed by atoms with E-state index in [1.54, 1.807) is 31.0 Å². The molecule has 1 aromatic carbocycles. The Labute approximate surface area is 121 Å². The van der Waals surface area contributed by atoms with Crippen LogP contribution in [0.2, 0.25) is 5.02 Å². The Morgan fingerprint density at radius 3 is 2.80 bits per heavy atom. The Morgan fingerprint density at radius 2 is 2.25 bits per heavy atom. The lowest BCUT2D eigenvalue weighted by Gasteiger charge is -2.14. The van der Waals surface area contributed by atoms with Gasteiger partial charge in [0.2, 0.25) is 5.88 Å². The third kappa shape index (κ3) is 3.09. The van der Waals surface area contributed by atoms with Gasteiger partial charge in [-0.05, 0) is 24.1 Å². The summed E-state index contributed by atoms with van der Waals surface area (Å²) in [6.07, 6.45) is 0.496. The summed E-state index contributed by atoms with van der Waals surface area (Å²) in [7, 11) is 3.35. The van der Waals surface area contributed by atoms with Crippen molar-refractivity contribution in [1.29, 1.82) is 0 Å². The second kappa shape index (κ2) is 6.21. The van der Waals surface area contributed by atoms with Crippen LogP contribution in [-0.2, 0) is 13.5 Å². The van der Waals surface area contributed by atoms with Crippen molar-refractivity contribution >= 4 is 11.6 Å². The Bertz CT molecular complexity index is 602. The molecular formula is C13H16ClFN4O. The minimum absolute atomic E-state index is 0.243. The summed E-state index contributed by atoms with van der Waals surface area (Å²) < 4.78 is 19.8. The van der Waals surface area contributed by atoms with E-state index < -0.39 is 0 Å². The van der Waals surface area contributed by atoms with E-state index in [0.717, 1.165) is 11.3 Å². The number of nitrogens with two attached hydrogens (primary N) is 1. The number of rotatable bonds is 5. The molecule has 0 spiro atoms. The number of aromatic nitrogens is 2. The van der Waals surface area contributed by atoms with E-state index in [0.29, 0.717) is 17.3 Å². The number of aryl methyl sites for hydroxylation is 1. The molecule has 2 rings (SSSR count). The SMILES string of the molecule is COc1cc(C(Cc2ccc(F)cc2Cl)NN)nn1C. The van der Waals surface area contributed by atoms with Crippen LogP contribution in [0.4, 0.5) is 4.39 Å². The van der Waals surface area contributed by atoms with E-state index in [9.17, 15) is 4.39 Å². The fraction of sp³-hybridized carbons (Fsp3) is 0.308. The maximum atomic E-state index is 13.0. The molecule has 2 aromatic rings. The van der Waals surface area contributed by atoms with Gasteiger partial charge in [0.1, 0.15) is 5.82 Å². The molecule has 3 N–H and O–H groups in total. The van der Waals surface area contributed by atoms with Gasteiger partial charge < -0.3 is 4.74 Å². The quantitative estimate of drug-likeness (QED) is 0.654. The maximum Gasteiger partial charge on any atom is 0.211 e. The fourth-order valence-corrected chi connectivity index (χ4v) is 2.23. The lowest BCUT2D eigenvalue weighted by Crippen LogP contribution is -2.30. The van der Waals surface area contributed by atoms with Crippen LogP contribution in [0, 0.1) is 5.82 Å². The van der Waals surface area contributed by atoms with Gasteiger partial charge in [0.15, 0.2) is 0 Å². The Balaban J connectivity index is 2.23. The molecule has 0 aliphatic rings. The molecule has 108 valence electrons.